The van der Waals surface area contributed by atoms with E-state index in [-0.39, 0.29) is 12.0 Å². The summed E-state index contributed by atoms with van der Waals surface area (Å²) in [6.07, 6.45) is 40.2. The lowest BCUT2D eigenvalue weighted by Crippen LogP contribution is -2.12. The molecule has 0 aromatic heterocycles. The second-order valence-corrected chi connectivity index (χ2v) is 13.1. The van der Waals surface area contributed by atoms with E-state index in [0.717, 1.165) is 57.8 Å². The third-order valence-corrected chi connectivity index (χ3v) is 9.03. The highest BCUT2D eigenvalue weighted by molar-refractivity contribution is 4.97. The Hall–Kier alpha value is -0.540. The van der Waals surface area contributed by atoms with Gasteiger partial charge >= 0.3 is 0 Å². The molecule has 3 heteroatoms. The molecule has 0 radical (unpaired) electrons. The molecule has 246 valence electrons. The number of unbranched alkanes of at least 4 members (excludes halogenated alkanes) is 24. The van der Waals surface area contributed by atoms with Gasteiger partial charge in [-0.05, 0) is 51.0 Å². The van der Waals surface area contributed by atoms with E-state index in [1.165, 1.54) is 141 Å². The average molecular weight is 581 g/mol. The zero-order valence-electron chi connectivity index (χ0n) is 28.2. The maximum atomic E-state index is 10.9. The summed E-state index contributed by atoms with van der Waals surface area (Å²) in [5, 5.41) is 30.5. The molecule has 0 fully saturated rings. The first-order valence-electron chi connectivity index (χ1n) is 18.8. The van der Waals surface area contributed by atoms with Gasteiger partial charge in [-0.3, -0.25) is 0 Å². The SMILES string of the molecule is CCCCCCCCCCCCCCCCC=C(O)C(CCCCCCCCO)CCC(O)CCCCCCCC. The van der Waals surface area contributed by atoms with Gasteiger partial charge in [0.25, 0.3) is 0 Å². The van der Waals surface area contributed by atoms with Gasteiger partial charge < -0.3 is 15.3 Å². The Labute approximate surface area is 258 Å². The highest BCUT2D eigenvalue weighted by Crippen LogP contribution is 2.26. The van der Waals surface area contributed by atoms with Gasteiger partial charge in [0.15, 0.2) is 0 Å². The van der Waals surface area contributed by atoms with Crippen molar-refractivity contribution in [1.29, 1.82) is 0 Å². The third-order valence-electron chi connectivity index (χ3n) is 9.03. The van der Waals surface area contributed by atoms with Crippen LogP contribution in [0, 0.1) is 5.92 Å². The van der Waals surface area contributed by atoms with E-state index in [4.69, 9.17) is 5.11 Å². The van der Waals surface area contributed by atoms with E-state index in [0.29, 0.717) is 12.4 Å². The van der Waals surface area contributed by atoms with Crippen LogP contribution in [-0.2, 0) is 0 Å². The predicted octanol–water partition coefficient (Wildman–Crippen LogP) is 12.5. The molecule has 0 spiro atoms. The van der Waals surface area contributed by atoms with Crippen LogP contribution in [-0.4, -0.2) is 28.0 Å². The van der Waals surface area contributed by atoms with Gasteiger partial charge in [-0.25, -0.2) is 0 Å². The molecule has 0 saturated carbocycles. The Balaban J connectivity index is 4.14. The van der Waals surface area contributed by atoms with Crippen LogP contribution in [0.15, 0.2) is 11.8 Å². The Bertz CT molecular complexity index is 518. The van der Waals surface area contributed by atoms with Crippen LogP contribution in [0.3, 0.4) is 0 Å². The Morgan fingerprint density at radius 1 is 0.463 bits per heavy atom. The van der Waals surface area contributed by atoms with E-state index >= 15 is 0 Å². The minimum atomic E-state index is -0.222. The molecule has 0 aliphatic heterocycles. The first kappa shape index (κ1) is 40.5. The molecule has 0 aromatic carbocycles. The van der Waals surface area contributed by atoms with Gasteiger partial charge in [-0.1, -0.05) is 168 Å². The molecule has 0 heterocycles. The van der Waals surface area contributed by atoms with Crippen molar-refractivity contribution in [3.05, 3.63) is 11.8 Å². The largest absolute Gasteiger partial charge is 0.512 e. The summed E-state index contributed by atoms with van der Waals surface area (Å²) >= 11 is 0. The standard InChI is InChI=1S/C38H76O3/c1-3-5-7-9-11-12-13-14-15-16-17-18-19-24-28-32-38(41)36(30-26-22-20-21-25-29-35-39)33-34-37(40)31-27-23-10-8-6-4-2/h32,36-37,39-41H,3-31,33-35H2,1-2H3. The number of aliphatic hydroxyl groups excluding tert-OH is 3. The summed E-state index contributed by atoms with van der Waals surface area (Å²) in [6, 6.07) is 0. The van der Waals surface area contributed by atoms with E-state index in [1.54, 1.807) is 0 Å². The molecule has 2 atom stereocenters. The topological polar surface area (TPSA) is 60.7 Å². The molecule has 3 N–H and O–H groups in total. The lowest BCUT2D eigenvalue weighted by molar-refractivity contribution is 0.138. The lowest BCUT2D eigenvalue weighted by Gasteiger charge is -2.19. The quantitative estimate of drug-likeness (QED) is 0.0524. The van der Waals surface area contributed by atoms with Crippen LogP contribution in [0.2, 0.25) is 0 Å². The van der Waals surface area contributed by atoms with E-state index in [1.807, 2.05) is 0 Å². The van der Waals surface area contributed by atoms with Crippen LogP contribution in [0.5, 0.6) is 0 Å². The maximum absolute atomic E-state index is 10.9. The van der Waals surface area contributed by atoms with Gasteiger partial charge in [-0.15, -0.1) is 0 Å². The van der Waals surface area contributed by atoms with Gasteiger partial charge in [0.2, 0.25) is 0 Å². The molecule has 0 bridgehead atoms. The highest BCUT2D eigenvalue weighted by Gasteiger charge is 2.16. The fourth-order valence-electron chi connectivity index (χ4n) is 6.10. The summed E-state index contributed by atoms with van der Waals surface area (Å²) < 4.78 is 0. The minimum absolute atomic E-state index is 0.207. The van der Waals surface area contributed by atoms with E-state index in [9.17, 15) is 10.2 Å². The van der Waals surface area contributed by atoms with E-state index < -0.39 is 0 Å². The Morgan fingerprint density at radius 2 is 0.854 bits per heavy atom. The monoisotopic (exact) mass is 581 g/mol. The number of rotatable bonds is 34. The smallest absolute Gasteiger partial charge is 0.0913 e. The molecule has 2 unspecified atom stereocenters. The zero-order valence-corrected chi connectivity index (χ0v) is 28.2. The van der Waals surface area contributed by atoms with E-state index in [2.05, 4.69) is 19.9 Å². The number of hydrogen-bond acceptors (Lipinski definition) is 3. The van der Waals surface area contributed by atoms with Crippen LogP contribution in [0.4, 0.5) is 0 Å². The van der Waals surface area contributed by atoms with Crippen molar-refractivity contribution in [2.45, 2.75) is 219 Å². The molecule has 0 aliphatic carbocycles. The Morgan fingerprint density at radius 3 is 1.32 bits per heavy atom. The van der Waals surface area contributed by atoms with Crippen molar-refractivity contribution in [2.75, 3.05) is 6.61 Å². The van der Waals surface area contributed by atoms with Crippen molar-refractivity contribution >= 4 is 0 Å². The van der Waals surface area contributed by atoms with Crippen molar-refractivity contribution in [1.82, 2.24) is 0 Å². The molecule has 0 rings (SSSR count). The lowest BCUT2D eigenvalue weighted by atomic mass is 9.91. The average Bonchev–Trinajstić information content (AvgIpc) is 2.97. The molecule has 41 heavy (non-hydrogen) atoms. The molecule has 0 aromatic rings. The van der Waals surface area contributed by atoms with Crippen LogP contribution in [0.25, 0.3) is 0 Å². The van der Waals surface area contributed by atoms with Crippen LogP contribution >= 0.6 is 0 Å². The molecule has 0 saturated heterocycles. The second-order valence-electron chi connectivity index (χ2n) is 13.1. The normalized spacial score (nSPS) is 13.6. The molecular weight excluding hydrogens is 504 g/mol. The van der Waals surface area contributed by atoms with Gasteiger partial charge in [0.1, 0.15) is 0 Å². The third kappa shape index (κ3) is 30.7. The summed E-state index contributed by atoms with van der Waals surface area (Å²) in [4.78, 5) is 0. The fraction of sp³-hybridized carbons (Fsp3) is 0.947. The van der Waals surface area contributed by atoms with Crippen LogP contribution in [0.1, 0.15) is 213 Å². The molecule has 0 aliphatic rings. The van der Waals surface area contributed by atoms with Crippen molar-refractivity contribution in [3.63, 3.8) is 0 Å². The first-order chi connectivity index (χ1) is 20.2. The Kier molecular flexibility index (Phi) is 33.5. The number of hydrogen-bond donors (Lipinski definition) is 3. The number of allylic oxidation sites excluding steroid dienone is 2. The highest BCUT2D eigenvalue weighted by atomic mass is 16.3. The van der Waals surface area contributed by atoms with Gasteiger partial charge in [-0.2, -0.15) is 0 Å². The molecule has 0 amide bonds. The predicted molar refractivity (Wildman–Crippen MR) is 182 cm³/mol. The zero-order chi connectivity index (χ0) is 30.1. The minimum Gasteiger partial charge on any atom is -0.512 e. The van der Waals surface area contributed by atoms with Crippen LogP contribution < -0.4 is 0 Å². The summed E-state index contributed by atoms with van der Waals surface area (Å²) in [5.41, 5.74) is 0. The van der Waals surface area contributed by atoms with Gasteiger partial charge in [0, 0.05) is 12.5 Å². The first-order valence-corrected chi connectivity index (χ1v) is 18.8. The summed E-state index contributed by atoms with van der Waals surface area (Å²) in [6.45, 7) is 4.85. The number of aliphatic hydroxyl groups is 3. The maximum Gasteiger partial charge on any atom is 0.0913 e. The molecular formula is C38H76O3. The fourth-order valence-corrected chi connectivity index (χ4v) is 6.10. The molecule has 3 nitrogen and oxygen atoms in total. The summed E-state index contributed by atoms with van der Waals surface area (Å²) in [5.74, 6) is 0.796. The van der Waals surface area contributed by atoms with Crippen molar-refractivity contribution in [3.8, 4) is 0 Å². The summed E-state index contributed by atoms with van der Waals surface area (Å²) in [7, 11) is 0. The second kappa shape index (κ2) is 34.0. The van der Waals surface area contributed by atoms with Gasteiger partial charge in [0.05, 0.1) is 11.9 Å². The van der Waals surface area contributed by atoms with Crippen molar-refractivity contribution in [2.24, 2.45) is 5.92 Å². The van der Waals surface area contributed by atoms with Crippen molar-refractivity contribution < 1.29 is 15.3 Å².